The molecule has 1 N–H and O–H groups in total. The van der Waals surface area contributed by atoms with Gasteiger partial charge in [0.25, 0.3) is 5.91 Å². The van der Waals surface area contributed by atoms with Crippen LogP contribution in [0.15, 0.2) is 48.7 Å². The Balaban J connectivity index is 1.76. The molecule has 0 aliphatic carbocycles. The van der Waals surface area contributed by atoms with E-state index in [1.54, 1.807) is 28.8 Å². The summed E-state index contributed by atoms with van der Waals surface area (Å²) in [7, 11) is 0. The van der Waals surface area contributed by atoms with E-state index in [4.69, 9.17) is 11.6 Å². The number of hydrogen-bond donors (Lipinski definition) is 1. The summed E-state index contributed by atoms with van der Waals surface area (Å²) in [5.41, 5.74) is 5.60. The first-order valence-electron chi connectivity index (χ1n) is 9.03. The van der Waals surface area contributed by atoms with E-state index in [-0.39, 0.29) is 11.7 Å². The second-order valence-corrected chi connectivity index (χ2v) is 7.31. The summed E-state index contributed by atoms with van der Waals surface area (Å²) >= 11 is 6.04. The van der Waals surface area contributed by atoms with Gasteiger partial charge in [-0.15, -0.1) is 0 Å². The van der Waals surface area contributed by atoms with Crippen LogP contribution < -0.4 is 5.32 Å². The topological polar surface area (TPSA) is 59.3 Å². The average molecular weight is 409 g/mol. The van der Waals surface area contributed by atoms with Gasteiger partial charge in [0.1, 0.15) is 5.82 Å². The number of rotatable bonds is 3. The van der Waals surface area contributed by atoms with Crippen LogP contribution in [0.1, 0.15) is 27.3 Å². The number of aryl methyl sites for hydroxylation is 3. The number of amides is 1. The predicted molar refractivity (Wildman–Crippen MR) is 112 cm³/mol. The number of carbonyl (C=O) groups excluding carboxylic acids is 1. The molecule has 0 aliphatic rings. The first kappa shape index (κ1) is 19.1. The molecule has 0 radical (unpaired) electrons. The van der Waals surface area contributed by atoms with Gasteiger partial charge in [0, 0.05) is 22.5 Å². The van der Waals surface area contributed by atoms with E-state index in [0.717, 1.165) is 22.4 Å². The third-order valence-corrected chi connectivity index (χ3v) is 5.12. The Labute approximate surface area is 172 Å². The number of aromatic nitrogens is 3. The molecule has 0 saturated carbocycles. The van der Waals surface area contributed by atoms with Gasteiger partial charge in [-0.25, -0.2) is 13.9 Å². The zero-order valence-electron chi connectivity index (χ0n) is 16.1. The molecule has 0 fully saturated rings. The first-order valence-corrected chi connectivity index (χ1v) is 9.41. The van der Waals surface area contributed by atoms with Crippen molar-refractivity contribution in [2.45, 2.75) is 20.8 Å². The molecule has 0 saturated heterocycles. The van der Waals surface area contributed by atoms with E-state index >= 15 is 0 Å². The highest BCUT2D eigenvalue weighted by atomic mass is 35.5. The summed E-state index contributed by atoms with van der Waals surface area (Å²) < 4.78 is 14.9. The standard InChI is InChI=1S/C22H18ClFN4O/c1-12-4-7-16(23)10-19(12)26-22(29)18-11-25-21-20(13(2)27-28(21)14(18)3)15-5-8-17(24)9-6-15/h4-11H,1-3H3,(H,26,29). The lowest BCUT2D eigenvalue weighted by atomic mass is 10.1. The van der Waals surface area contributed by atoms with E-state index in [0.29, 0.717) is 27.6 Å². The fraction of sp³-hybridized carbons (Fsp3) is 0.136. The van der Waals surface area contributed by atoms with Crippen LogP contribution in [0.2, 0.25) is 5.02 Å². The van der Waals surface area contributed by atoms with Crippen molar-refractivity contribution in [2.24, 2.45) is 0 Å². The Morgan fingerprint density at radius 2 is 1.83 bits per heavy atom. The van der Waals surface area contributed by atoms with Crippen molar-refractivity contribution >= 4 is 28.8 Å². The lowest BCUT2D eigenvalue weighted by Crippen LogP contribution is -2.16. The van der Waals surface area contributed by atoms with Crippen LogP contribution >= 0.6 is 11.6 Å². The van der Waals surface area contributed by atoms with Crippen LogP contribution in [0, 0.1) is 26.6 Å². The Bertz CT molecular complexity index is 1250. The maximum Gasteiger partial charge on any atom is 0.259 e. The average Bonchev–Trinajstić information content (AvgIpc) is 3.02. The zero-order chi connectivity index (χ0) is 20.7. The number of anilines is 1. The minimum atomic E-state index is -0.303. The molecule has 0 unspecified atom stereocenters. The lowest BCUT2D eigenvalue weighted by molar-refractivity contribution is 0.102. The van der Waals surface area contributed by atoms with Gasteiger partial charge in [0.15, 0.2) is 5.65 Å². The molecular formula is C22H18ClFN4O. The quantitative estimate of drug-likeness (QED) is 0.496. The molecule has 2 heterocycles. The molecule has 0 atom stereocenters. The van der Waals surface area contributed by atoms with E-state index in [9.17, 15) is 9.18 Å². The first-order chi connectivity index (χ1) is 13.8. The molecule has 2 aromatic heterocycles. The van der Waals surface area contributed by atoms with Gasteiger partial charge >= 0.3 is 0 Å². The minimum absolute atomic E-state index is 0.293. The molecule has 1 amide bonds. The van der Waals surface area contributed by atoms with Gasteiger partial charge in [0.05, 0.1) is 17.0 Å². The molecule has 4 aromatic rings. The molecule has 29 heavy (non-hydrogen) atoms. The van der Waals surface area contributed by atoms with Gasteiger partial charge in [-0.1, -0.05) is 29.8 Å². The van der Waals surface area contributed by atoms with Crippen LogP contribution in [-0.4, -0.2) is 20.5 Å². The largest absolute Gasteiger partial charge is 0.322 e. The van der Waals surface area contributed by atoms with Gasteiger partial charge in [-0.3, -0.25) is 4.79 Å². The van der Waals surface area contributed by atoms with Crippen LogP contribution in [-0.2, 0) is 0 Å². The Morgan fingerprint density at radius 1 is 1.10 bits per heavy atom. The van der Waals surface area contributed by atoms with Crippen LogP contribution in [0.4, 0.5) is 10.1 Å². The van der Waals surface area contributed by atoms with E-state index in [1.165, 1.54) is 18.3 Å². The SMILES string of the molecule is Cc1ccc(Cl)cc1NC(=O)c1cnc2c(-c3ccc(F)cc3)c(C)nn2c1C. The van der Waals surface area contributed by atoms with Gasteiger partial charge in [-0.2, -0.15) is 5.10 Å². The number of fused-ring (bicyclic) bond motifs is 1. The molecule has 0 spiro atoms. The second kappa shape index (κ2) is 7.29. The summed E-state index contributed by atoms with van der Waals surface area (Å²) in [4.78, 5) is 17.3. The summed E-state index contributed by atoms with van der Waals surface area (Å²) in [6, 6.07) is 11.5. The summed E-state index contributed by atoms with van der Waals surface area (Å²) in [6.07, 6.45) is 1.54. The van der Waals surface area contributed by atoms with Crippen molar-refractivity contribution in [1.29, 1.82) is 0 Å². The van der Waals surface area contributed by atoms with Crippen LogP contribution in [0.25, 0.3) is 16.8 Å². The van der Waals surface area contributed by atoms with Crippen molar-refractivity contribution in [3.63, 3.8) is 0 Å². The fourth-order valence-corrected chi connectivity index (χ4v) is 3.47. The maximum atomic E-state index is 13.3. The Morgan fingerprint density at radius 3 is 2.55 bits per heavy atom. The number of carbonyl (C=O) groups is 1. The third-order valence-electron chi connectivity index (χ3n) is 4.88. The third kappa shape index (κ3) is 3.47. The maximum absolute atomic E-state index is 13.3. The van der Waals surface area contributed by atoms with E-state index in [1.807, 2.05) is 26.8 Å². The monoisotopic (exact) mass is 408 g/mol. The van der Waals surface area contributed by atoms with Crippen molar-refractivity contribution in [3.05, 3.63) is 82.0 Å². The smallest absolute Gasteiger partial charge is 0.259 e. The molecular weight excluding hydrogens is 391 g/mol. The fourth-order valence-electron chi connectivity index (χ4n) is 3.30. The summed E-state index contributed by atoms with van der Waals surface area (Å²) in [5, 5.41) is 7.98. The number of nitrogens with one attached hydrogen (secondary N) is 1. The van der Waals surface area contributed by atoms with Crippen LogP contribution in [0.5, 0.6) is 0 Å². The number of nitrogens with zero attached hydrogens (tertiary/aromatic N) is 3. The van der Waals surface area contributed by atoms with Crippen molar-refractivity contribution in [3.8, 4) is 11.1 Å². The van der Waals surface area contributed by atoms with E-state index in [2.05, 4.69) is 15.4 Å². The van der Waals surface area contributed by atoms with Crippen molar-refractivity contribution in [2.75, 3.05) is 5.32 Å². The van der Waals surface area contributed by atoms with Crippen LogP contribution in [0.3, 0.4) is 0 Å². The highest BCUT2D eigenvalue weighted by molar-refractivity contribution is 6.31. The second-order valence-electron chi connectivity index (χ2n) is 6.87. The molecule has 146 valence electrons. The molecule has 4 rings (SSSR count). The number of hydrogen-bond acceptors (Lipinski definition) is 3. The van der Waals surface area contributed by atoms with Crippen molar-refractivity contribution in [1.82, 2.24) is 14.6 Å². The molecule has 2 aromatic carbocycles. The molecule has 7 heteroatoms. The van der Waals surface area contributed by atoms with Crippen molar-refractivity contribution < 1.29 is 9.18 Å². The van der Waals surface area contributed by atoms with Gasteiger partial charge in [-0.05, 0) is 56.2 Å². The molecule has 5 nitrogen and oxygen atoms in total. The Kier molecular flexibility index (Phi) is 4.80. The normalized spacial score (nSPS) is 11.1. The predicted octanol–water partition coefficient (Wildman–Crippen LogP) is 5.37. The molecule has 0 aliphatic heterocycles. The minimum Gasteiger partial charge on any atom is -0.322 e. The highest BCUT2D eigenvalue weighted by Crippen LogP contribution is 2.29. The van der Waals surface area contributed by atoms with Gasteiger partial charge < -0.3 is 5.32 Å². The summed E-state index contributed by atoms with van der Waals surface area (Å²) in [6.45, 7) is 5.57. The number of halogens is 2. The highest BCUT2D eigenvalue weighted by Gasteiger charge is 2.19. The number of benzene rings is 2. The molecule has 0 bridgehead atoms. The van der Waals surface area contributed by atoms with E-state index < -0.39 is 0 Å². The lowest BCUT2D eigenvalue weighted by Gasteiger charge is -2.11. The Hall–Kier alpha value is -3.25. The zero-order valence-corrected chi connectivity index (χ0v) is 16.9. The van der Waals surface area contributed by atoms with Gasteiger partial charge in [0.2, 0.25) is 0 Å². The summed E-state index contributed by atoms with van der Waals surface area (Å²) in [5.74, 6) is -0.596.